The summed E-state index contributed by atoms with van der Waals surface area (Å²) in [6.45, 7) is 0.405. The van der Waals surface area contributed by atoms with Crippen LogP contribution in [0, 0.1) is 0 Å². The zero-order valence-corrected chi connectivity index (χ0v) is 12.3. The van der Waals surface area contributed by atoms with Gasteiger partial charge in [0.15, 0.2) is 0 Å². The van der Waals surface area contributed by atoms with Gasteiger partial charge in [0.2, 0.25) is 0 Å². The van der Waals surface area contributed by atoms with E-state index in [0.29, 0.717) is 23.9 Å². The molecule has 1 aromatic heterocycles. The van der Waals surface area contributed by atoms with Crippen molar-refractivity contribution in [1.82, 2.24) is 4.57 Å². The van der Waals surface area contributed by atoms with Crippen LogP contribution in [-0.4, -0.2) is 22.2 Å². The van der Waals surface area contributed by atoms with E-state index in [4.69, 9.17) is 9.84 Å². The van der Waals surface area contributed by atoms with Gasteiger partial charge in [0.25, 0.3) is 0 Å². The lowest BCUT2D eigenvalue weighted by molar-refractivity contribution is -0.150. The van der Waals surface area contributed by atoms with Gasteiger partial charge < -0.3 is 14.4 Å². The molecule has 4 nitrogen and oxygen atoms in total. The molecule has 0 radical (unpaired) electrons. The van der Waals surface area contributed by atoms with Gasteiger partial charge in [-0.1, -0.05) is 18.2 Å². The van der Waals surface area contributed by atoms with E-state index in [1.807, 2.05) is 0 Å². The number of carboxylic acid groups (broad SMARTS) is 1. The molecule has 1 fully saturated rings. The Kier molecular flexibility index (Phi) is 4.06. The van der Waals surface area contributed by atoms with Gasteiger partial charge in [0.1, 0.15) is 11.9 Å². The molecule has 1 aliphatic heterocycles. The predicted octanol–water partition coefficient (Wildman–Crippen LogP) is 3.99. The zero-order valence-electron chi connectivity index (χ0n) is 12.3. The fourth-order valence-electron chi connectivity index (χ4n) is 3.20. The molecule has 1 atom stereocenters. The van der Waals surface area contributed by atoms with Gasteiger partial charge in [-0.05, 0) is 25.3 Å². The number of aromatic nitrogens is 1. The van der Waals surface area contributed by atoms with E-state index in [-0.39, 0.29) is 5.56 Å². The van der Waals surface area contributed by atoms with Crippen LogP contribution in [0.15, 0.2) is 24.3 Å². The van der Waals surface area contributed by atoms with Crippen LogP contribution in [0.4, 0.5) is 13.2 Å². The topological polar surface area (TPSA) is 51.5 Å². The van der Waals surface area contributed by atoms with E-state index in [2.05, 4.69) is 0 Å². The maximum Gasteiger partial charge on any atom is 0.431 e. The number of nitrogens with zero attached hydrogens (tertiary/aromatic N) is 1. The minimum atomic E-state index is -4.65. The van der Waals surface area contributed by atoms with Crippen LogP contribution in [0.5, 0.6) is 0 Å². The number of hydrogen-bond acceptors (Lipinski definition) is 2. The molecule has 0 saturated carbocycles. The van der Waals surface area contributed by atoms with Gasteiger partial charge in [-0.3, -0.25) is 4.79 Å². The third-order valence-corrected chi connectivity index (χ3v) is 4.06. The van der Waals surface area contributed by atoms with Crippen LogP contribution in [0.25, 0.3) is 10.9 Å². The van der Waals surface area contributed by atoms with Crippen molar-refractivity contribution < 1.29 is 27.8 Å². The molecule has 1 saturated heterocycles. The lowest BCUT2D eigenvalue weighted by atomic mass is 10.1. The van der Waals surface area contributed by atoms with Crippen molar-refractivity contribution in [2.45, 2.75) is 38.1 Å². The largest absolute Gasteiger partial charge is 0.481 e. The molecule has 0 spiro atoms. The number of fused-ring (bicyclic) bond motifs is 1. The number of carboxylic acids is 1. The number of ether oxygens (including phenoxy) is 1. The first-order chi connectivity index (χ1) is 10.9. The summed E-state index contributed by atoms with van der Waals surface area (Å²) in [5.74, 6) is -1.29. The summed E-state index contributed by atoms with van der Waals surface area (Å²) in [4.78, 5) is 11.1. The Morgan fingerprint density at radius 3 is 2.65 bits per heavy atom. The maximum atomic E-state index is 13.7. The van der Waals surface area contributed by atoms with E-state index in [0.717, 1.165) is 17.4 Å². The molecule has 1 aliphatic rings. The Morgan fingerprint density at radius 1 is 1.30 bits per heavy atom. The SMILES string of the molecule is O=C(O)Cc1c(C(F)(F)F)n(C2CCCCO2)c2ccccc12. The minimum absolute atomic E-state index is 0.199. The molecule has 23 heavy (non-hydrogen) atoms. The fourth-order valence-corrected chi connectivity index (χ4v) is 3.20. The van der Waals surface area contributed by atoms with Crippen molar-refractivity contribution in [3.05, 3.63) is 35.5 Å². The number of rotatable bonds is 3. The second-order valence-electron chi connectivity index (χ2n) is 5.60. The van der Waals surface area contributed by atoms with Gasteiger partial charge in [-0.15, -0.1) is 0 Å². The number of benzene rings is 1. The monoisotopic (exact) mass is 327 g/mol. The van der Waals surface area contributed by atoms with Gasteiger partial charge in [-0.2, -0.15) is 13.2 Å². The molecule has 2 aromatic rings. The highest BCUT2D eigenvalue weighted by Gasteiger charge is 2.41. The molecule has 1 unspecified atom stereocenters. The Hall–Kier alpha value is -2.02. The quantitative estimate of drug-likeness (QED) is 0.927. The second kappa shape index (κ2) is 5.88. The Bertz CT molecular complexity index is 730. The maximum absolute atomic E-state index is 13.7. The van der Waals surface area contributed by atoms with E-state index >= 15 is 0 Å². The van der Waals surface area contributed by atoms with E-state index in [9.17, 15) is 18.0 Å². The molecule has 3 rings (SSSR count). The van der Waals surface area contributed by atoms with Gasteiger partial charge in [0.05, 0.1) is 11.9 Å². The molecule has 0 amide bonds. The Balaban J connectivity index is 2.29. The number of aliphatic carboxylic acids is 1. The number of hydrogen-bond donors (Lipinski definition) is 1. The van der Waals surface area contributed by atoms with Crippen LogP contribution in [0.3, 0.4) is 0 Å². The normalized spacial score (nSPS) is 19.2. The lowest BCUT2D eigenvalue weighted by Gasteiger charge is -2.27. The highest BCUT2D eigenvalue weighted by Crippen LogP contribution is 2.42. The molecule has 1 N–H and O–H groups in total. The average molecular weight is 327 g/mol. The van der Waals surface area contributed by atoms with E-state index in [1.54, 1.807) is 18.2 Å². The van der Waals surface area contributed by atoms with Crippen LogP contribution in [0.2, 0.25) is 0 Å². The molecular weight excluding hydrogens is 311 g/mol. The molecular formula is C16H16F3NO3. The van der Waals surface area contributed by atoms with Crippen molar-refractivity contribution in [2.75, 3.05) is 6.61 Å². The third kappa shape index (κ3) is 2.93. The molecule has 0 bridgehead atoms. The predicted molar refractivity (Wildman–Crippen MR) is 77.1 cm³/mol. The van der Waals surface area contributed by atoms with Crippen LogP contribution in [-0.2, 0) is 22.1 Å². The van der Waals surface area contributed by atoms with Crippen LogP contribution in [0.1, 0.15) is 36.7 Å². The fraction of sp³-hybridized carbons (Fsp3) is 0.438. The molecule has 0 aliphatic carbocycles. The average Bonchev–Trinajstić information content (AvgIpc) is 2.82. The van der Waals surface area contributed by atoms with Crippen LogP contribution < -0.4 is 0 Å². The summed E-state index contributed by atoms with van der Waals surface area (Å²) in [5, 5.41) is 9.34. The molecule has 124 valence electrons. The highest BCUT2D eigenvalue weighted by molar-refractivity contribution is 5.89. The van der Waals surface area contributed by atoms with Gasteiger partial charge >= 0.3 is 12.1 Å². The van der Waals surface area contributed by atoms with E-state index in [1.165, 1.54) is 6.07 Å². The van der Waals surface area contributed by atoms with Gasteiger partial charge in [0, 0.05) is 17.6 Å². The number of para-hydroxylation sites is 1. The molecule has 2 heterocycles. The summed E-state index contributed by atoms with van der Waals surface area (Å²) in [6, 6.07) is 6.36. The zero-order chi connectivity index (χ0) is 16.6. The first-order valence-corrected chi connectivity index (χ1v) is 7.42. The molecule has 7 heteroatoms. The third-order valence-electron chi connectivity index (χ3n) is 4.06. The minimum Gasteiger partial charge on any atom is -0.481 e. The Labute approximate surface area is 130 Å². The van der Waals surface area contributed by atoms with Crippen molar-refractivity contribution in [3.63, 3.8) is 0 Å². The first-order valence-electron chi connectivity index (χ1n) is 7.42. The number of halogens is 3. The smallest absolute Gasteiger partial charge is 0.431 e. The summed E-state index contributed by atoms with van der Waals surface area (Å²) in [6.07, 6.45) is -3.96. The molecule has 1 aromatic carbocycles. The number of carbonyl (C=O) groups is 1. The van der Waals surface area contributed by atoms with Crippen molar-refractivity contribution in [1.29, 1.82) is 0 Å². The standard InChI is InChI=1S/C16H16F3NO3/c17-16(18,19)15-11(9-14(21)22)10-5-1-2-6-12(10)20(15)13-7-3-4-8-23-13/h1-2,5-6,13H,3-4,7-9H2,(H,21,22). The summed E-state index contributed by atoms with van der Waals surface area (Å²) in [5.41, 5.74) is -0.745. The highest BCUT2D eigenvalue weighted by atomic mass is 19.4. The Morgan fingerprint density at radius 2 is 2.04 bits per heavy atom. The van der Waals surface area contributed by atoms with Gasteiger partial charge in [-0.25, -0.2) is 0 Å². The first kappa shape index (κ1) is 15.9. The summed E-state index contributed by atoms with van der Waals surface area (Å²) < 4.78 is 47.7. The summed E-state index contributed by atoms with van der Waals surface area (Å²) >= 11 is 0. The second-order valence-corrected chi connectivity index (χ2v) is 5.60. The summed E-state index contributed by atoms with van der Waals surface area (Å²) in [7, 11) is 0. The van der Waals surface area contributed by atoms with E-state index < -0.39 is 30.5 Å². The van der Waals surface area contributed by atoms with Crippen molar-refractivity contribution >= 4 is 16.9 Å². The van der Waals surface area contributed by atoms with Crippen LogP contribution >= 0.6 is 0 Å². The number of alkyl halides is 3. The van der Waals surface area contributed by atoms with Crippen molar-refractivity contribution in [3.8, 4) is 0 Å². The van der Waals surface area contributed by atoms with Crippen molar-refractivity contribution in [2.24, 2.45) is 0 Å². The lowest BCUT2D eigenvalue weighted by Crippen LogP contribution is -2.24.